The average molecular weight is 507 g/mol. The van der Waals surface area contributed by atoms with Gasteiger partial charge in [0.05, 0.1) is 6.16 Å². The zero-order valence-corrected chi connectivity index (χ0v) is 23.2. The van der Waals surface area contributed by atoms with Crippen LogP contribution in [0.4, 0.5) is 0 Å². The molecule has 0 heterocycles. The maximum atomic E-state index is 13.8. The van der Waals surface area contributed by atoms with Crippen molar-refractivity contribution in [2.24, 2.45) is 5.92 Å². The summed E-state index contributed by atoms with van der Waals surface area (Å²) in [7, 11) is -3.69. The number of aromatic hydroxyl groups is 1. The fourth-order valence-corrected chi connectivity index (χ4v) is 6.47. The number of allylic oxidation sites excluding steroid dienone is 3. The molecule has 0 saturated carbocycles. The van der Waals surface area contributed by atoms with Crippen LogP contribution in [0.15, 0.2) is 35.9 Å². The van der Waals surface area contributed by atoms with Gasteiger partial charge in [-0.2, -0.15) is 0 Å². The Bertz CT molecular complexity index is 966. The van der Waals surface area contributed by atoms with Gasteiger partial charge in [0.1, 0.15) is 11.5 Å². The second-order valence-corrected chi connectivity index (χ2v) is 11.8. The van der Waals surface area contributed by atoms with E-state index in [1.807, 2.05) is 19.9 Å². The molecule has 0 spiro atoms. The summed E-state index contributed by atoms with van der Waals surface area (Å²) in [6.45, 7) is 15.1. The summed E-state index contributed by atoms with van der Waals surface area (Å²) in [6.07, 6.45) is 7.68. The molecule has 2 rings (SSSR count). The standard InChI is InChI=1S/C28H43O6P/c1-8-10-11-12-23-17-26(30)28(25-16-20(5)13-14-24(25)19(3)4)27(18-23)34-35(31,15-9-2)33-22(7)32-21(6)29/h16-18,22,24-25,30H,3,8-15H2,1-2,4-7H3. The van der Waals surface area contributed by atoms with Gasteiger partial charge in [-0.25, -0.2) is 4.57 Å². The van der Waals surface area contributed by atoms with Crippen LogP contribution >= 0.6 is 7.60 Å². The Morgan fingerprint density at radius 2 is 1.94 bits per heavy atom. The molecule has 0 aromatic heterocycles. The van der Waals surface area contributed by atoms with Crippen molar-refractivity contribution >= 4 is 13.6 Å². The number of carbonyl (C=O) groups excluding carboxylic acids is 1. The fourth-order valence-electron chi connectivity index (χ4n) is 4.73. The van der Waals surface area contributed by atoms with Crippen molar-refractivity contribution in [2.45, 2.75) is 98.7 Å². The highest BCUT2D eigenvalue weighted by atomic mass is 31.2. The van der Waals surface area contributed by atoms with Crippen molar-refractivity contribution < 1.29 is 28.3 Å². The van der Waals surface area contributed by atoms with Gasteiger partial charge in [0.15, 0.2) is 0 Å². The van der Waals surface area contributed by atoms with E-state index in [0.29, 0.717) is 17.7 Å². The molecule has 4 atom stereocenters. The van der Waals surface area contributed by atoms with Crippen molar-refractivity contribution in [3.8, 4) is 11.5 Å². The number of unbranched alkanes of at least 4 members (excludes halogenated alkanes) is 2. The second kappa shape index (κ2) is 13.3. The molecule has 1 N–H and O–H groups in total. The lowest BCUT2D eigenvalue weighted by atomic mass is 9.73. The Balaban J connectivity index is 2.57. The Labute approximate surface area is 211 Å². The van der Waals surface area contributed by atoms with Crippen molar-refractivity contribution in [2.75, 3.05) is 6.16 Å². The Kier molecular flexibility index (Phi) is 11.1. The highest BCUT2D eigenvalue weighted by molar-refractivity contribution is 7.54. The molecule has 0 aliphatic heterocycles. The lowest BCUT2D eigenvalue weighted by molar-refractivity contribution is -0.158. The minimum atomic E-state index is -3.69. The van der Waals surface area contributed by atoms with E-state index in [4.69, 9.17) is 13.8 Å². The second-order valence-electron chi connectivity index (χ2n) is 9.72. The van der Waals surface area contributed by atoms with E-state index < -0.39 is 19.9 Å². The van der Waals surface area contributed by atoms with Crippen LogP contribution in [0.25, 0.3) is 0 Å². The van der Waals surface area contributed by atoms with E-state index in [1.165, 1.54) is 19.4 Å². The molecule has 1 aliphatic carbocycles. The maximum Gasteiger partial charge on any atom is 0.382 e. The van der Waals surface area contributed by atoms with Crippen LogP contribution in [0.2, 0.25) is 0 Å². The minimum Gasteiger partial charge on any atom is -0.507 e. The third-order valence-electron chi connectivity index (χ3n) is 6.34. The van der Waals surface area contributed by atoms with Crippen LogP contribution in [-0.2, 0) is 25.0 Å². The first kappa shape index (κ1) is 29.2. The van der Waals surface area contributed by atoms with Crippen molar-refractivity contribution in [1.82, 2.24) is 0 Å². The summed E-state index contributed by atoms with van der Waals surface area (Å²) >= 11 is 0. The SMILES string of the molecule is C=C(C)C1CCC(C)=CC1c1c(O)cc(CCCCC)cc1OP(=O)(CCC)OC(C)OC(C)=O. The number of benzene rings is 1. The summed E-state index contributed by atoms with van der Waals surface area (Å²) in [4.78, 5) is 11.4. The Morgan fingerprint density at radius 1 is 1.23 bits per heavy atom. The van der Waals surface area contributed by atoms with Gasteiger partial charge in [-0.1, -0.05) is 50.5 Å². The summed E-state index contributed by atoms with van der Waals surface area (Å²) in [5, 5.41) is 11.3. The van der Waals surface area contributed by atoms with Crippen LogP contribution in [0.1, 0.15) is 97.1 Å². The van der Waals surface area contributed by atoms with Gasteiger partial charge in [0, 0.05) is 18.4 Å². The lowest BCUT2D eigenvalue weighted by Gasteiger charge is -2.33. The van der Waals surface area contributed by atoms with Gasteiger partial charge < -0.3 is 14.4 Å². The van der Waals surface area contributed by atoms with Crippen molar-refractivity contribution in [3.05, 3.63) is 47.1 Å². The van der Waals surface area contributed by atoms with Gasteiger partial charge in [-0.15, -0.1) is 0 Å². The summed E-state index contributed by atoms with van der Waals surface area (Å²) in [5.74, 6) is -0.0482. The predicted octanol–water partition coefficient (Wildman–Crippen LogP) is 8.05. The van der Waals surface area contributed by atoms with Gasteiger partial charge in [0.2, 0.25) is 6.29 Å². The number of esters is 1. The third-order valence-corrected chi connectivity index (χ3v) is 8.43. The predicted molar refractivity (Wildman–Crippen MR) is 141 cm³/mol. The molecule has 7 heteroatoms. The zero-order chi connectivity index (χ0) is 26.2. The van der Waals surface area contributed by atoms with Gasteiger partial charge in [0.25, 0.3) is 0 Å². The van der Waals surface area contributed by atoms with E-state index in [0.717, 1.165) is 49.7 Å². The van der Waals surface area contributed by atoms with E-state index in [9.17, 15) is 14.5 Å². The molecule has 1 aliphatic rings. The van der Waals surface area contributed by atoms with Crippen LogP contribution < -0.4 is 4.52 Å². The Morgan fingerprint density at radius 3 is 2.54 bits per heavy atom. The topological polar surface area (TPSA) is 82.1 Å². The first-order valence-corrected chi connectivity index (χ1v) is 14.5. The monoisotopic (exact) mass is 506 g/mol. The average Bonchev–Trinajstić information content (AvgIpc) is 2.72. The molecule has 0 fully saturated rings. The first-order chi connectivity index (χ1) is 16.5. The van der Waals surface area contributed by atoms with Crippen LogP contribution in [0.3, 0.4) is 0 Å². The number of phenolic OH excluding ortho intramolecular Hbond substituents is 1. The number of ether oxygens (including phenoxy) is 1. The number of hydrogen-bond donors (Lipinski definition) is 1. The van der Waals surface area contributed by atoms with E-state index in [1.54, 1.807) is 6.07 Å². The fraction of sp³-hybridized carbons (Fsp3) is 0.607. The molecule has 0 bridgehead atoms. The molecule has 4 unspecified atom stereocenters. The lowest BCUT2D eigenvalue weighted by Crippen LogP contribution is -2.19. The van der Waals surface area contributed by atoms with Crippen LogP contribution in [0.5, 0.6) is 11.5 Å². The van der Waals surface area contributed by atoms with E-state index in [2.05, 4.69) is 26.5 Å². The zero-order valence-electron chi connectivity index (χ0n) is 22.3. The van der Waals surface area contributed by atoms with Gasteiger partial charge in [-0.3, -0.25) is 9.32 Å². The van der Waals surface area contributed by atoms with Crippen molar-refractivity contribution in [3.63, 3.8) is 0 Å². The first-order valence-electron chi connectivity index (χ1n) is 12.8. The van der Waals surface area contributed by atoms with E-state index >= 15 is 0 Å². The summed E-state index contributed by atoms with van der Waals surface area (Å²) in [6, 6.07) is 3.69. The molecule has 0 radical (unpaired) electrons. The van der Waals surface area contributed by atoms with Gasteiger partial charge in [-0.05, 0) is 76.5 Å². The summed E-state index contributed by atoms with van der Waals surface area (Å²) < 4.78 is 30.8. The molecule has 6 nitrogen and oxygen atoms in total. The number of rotatable bonds is 13. The number of carbonyl (C=O) groups is 1. The van der Waals surface area contributed by atoms with Gasteiger partial charge >= 0.3 is 13.6 Å². The largest absolute Gasteiger partial charge is 0.507 e. The van der Waals surface area contributed by atoms with E-state index in [-0.39, 0.29) is 23.7 Å². The molecule has 0 amide bonds. The molecule has 1 aromatic rings. The quantitative estimate of drug-likeness (QED) is 0.0958. The normalized spacial score (nSPS) is 20.5. The molecule has 35 heavy (non-hydrogen) atoms. The molecular formula is C28H43O6P. The van der Waals surface area contributed by atoms with Crippen LogP contribution in [-0.4, -0.2) is 23.5 Å². The minimum absolute atomic E-state index is 0.129. The highest BCUT2D eigenvalue weighted by Crippen LogP contribution is 2.54. The van der Waals surface area contributed by atoms with Crippen molar-refractivity contribution in [1.29, 1.82) is 0 Å². The van der Waals surface area contributed by atoms with Crippen LogP contribution in [0, 0.1) is 5.92 Å². The molecule has 0 saturated heterocycles. The molecule has 196 valence electrons. The maximum absolute atomic E-state index is 13.8. The summed E-state index contributed by atoms with van der Waals surface area (Å²) in [5.41, 5.74) is 3.81. The third kappa shape index (κ3) is 8.54. The highest BCUT2D eigenvalue weighted by Gasteiger charge is 2.35. The Hall–Kier alpha value is -2.04. The smallest absolute Gasteiger partial charge is 0.382 e. The number of phenols is 1. The molecular weight excluding hydrogens is 463 g/mol. The number of aryl methyl sites for hydroxylation is 1. The number of hydrogen-bond acceptors (Lipinski definition) is 6. The molecule has 1 aromatic carbocycles.